The molecule has 0 spiro atoms. The maximum Gasteiger partial charge on any atom is 0.262 e. The number of anilines is 1. The Balaban J connectivity index is 2.03. The molecule has 2 aromatic rings. The van der Waals surface area contributed by atoms with Gasteiger partial charge in [-0.3, -0.25) is 4.79 Å². The molecule has 0 aliphatic carbocycles. The van der Waals surface area contributed by atoms with E-state index in [0.717, 1.165) is 11.3 Å². The van der Waals surface area contributed by atoms with Crippen molar-refractivity contribution in [2.24, 2.45) is 5.16 Å². The Hall–Kier alpha value is -1.86. The lowest BCUT2D eigenvalue weighted by atomic mass is 10.2. The Morgan fingerprint density at radius 2 is 1.96 bits per heavy atom. The Labute approximate surface area is 150 Å². The topological polar surface area (TPSA) is 70.9 Å². The zero-order valence-corrected chi connectivity index (χ0v) is 15.4. The van der Waals surface area contributed by atoms with Crippen LogP contribution in [-0.2, 0) is 4.79 Å². The predicted molar refractivity (Wildman–Crippen MR) is 96.5 cm³/mol. The molecule has 2 rings (SSSR count). The first-order chi connectivity index (χ1) is 11.0. The SMILES string of the molecule is Cc1ccccc1NC(=O)COc1c(Br)cc(/C=N/O)cc1Br. The van der Waals surface area contributed by atoms with E-state index in [1.165, 1.54) is 6.21 Å². The van der Waals surface area contributed by atoms with E-state index in [1.807, 2.05) is 31.2 Å². The summed E-state index contributed by atoms with van der Waals surface area (Å²) >= 11 is 6.73. The van der Waals surface area contributed by atoms with E-state index in [1.54, 1.807) is 12.1 Å². The summed E-state index contributed by atoms with van der Waals surface area (Å²) < 4.78 is 6.85. The number of nitrogens with one attached hydrogen (secondary N) is 1. The van der Waals surface area contributed by atoms with E-state index in [9.17, 15) is 4.79 Å². The van der Waals surface area contributed by atoms with Crippen LogP contribution in [0.4, 0.5) is 5.69 Å². The van der Waals surface area contributed by atoms with E-state index in [4.69, 9.17) is 9.94 Å². The maximum atomic E-state index is 12.0. The lowest BCUT2D eigenvalue weighted by molar-refractivity contribution is -0.118. The monoisotopic (exact) mass is 440 g/mol. The van der Waals surface area contributed by atoms with Gasteiger partial charge in [0.1, 0.15) is 5.75 Å². The minimum absolute atomic E-state index is 0.126. The molecule has 0 radical (unpaired) electrons. The summed E-state index contributed by atoms with van der Waals surface area (Å²) in [6.07, 6.45) is 1.30. The molecule has 120 valence electrons. The Morgan fingerprint density at radius 1 is 1.30 bits per heavy atom. The van der Waals surface area contributed by atoms with Crippen molar-refractivity contribution in [2.45, 2.75) is 6.92 Å². The third kappa shape index (κ3) is 4.80. The largest absolute Gasteiger partial charge is 0.481 e. The molecular weight excluding hydrogens is 428 g/mol. The third-order valence-electron chi connectivity index (χ3n) is 2.99. The van der Waals surface area contributed by atoms with E-state index in [-0.39, 0.29) is 12.5 Å². The standard InChI is InChI=1S/C16H14Br2N2O3/c1-10-4-2-3-5-14(10)20-15(21)9-23-16-12(17)6-11(8-19-22)7-13(16)18/h2-8,22H,9H2,1H3,(H,20,21)/b19-8+. The fourth-order valence-electron chi connectivity index (χ4n) is 1.90. The van der Waals surface area contributed by atoms with Crippen molar-refractivity contribution >= 4 is 49.7 Å². The first-order valence-electron chi connectivity index (χ1n) is 6.66. The third-order valence-corrected chi connectivity index (χ3v) is 4.17. The molecule has 0 saturated carbocycles. The average molecular weight is 442 g/mol. The highest BCUT2D eigenvalue weighted by molar-refractivity contribution is 9.11. The minimum atomic E-state index is -0.251. The van der Waals surface area contributed by atoms with Gasteiger partial charge in [-0.1, -0.05) is 23.4 Å². The molecule has 0 fully saturated rings. The second-order valence-corrected chi connectivity index (χ2v) is 6.42. The van der Waals surface area contributed by atoms with Crippen molar-refractivity contribution in [1.29, 1.82) is 0 Å². The molecule has 7 heteroatoms. The number of halogens is 2. The molecule has 0 unspecified atom stereocenters. The fourth-order valence-corrected chi connectivity index (χ4v) is 3.35. The summed E-state index contributed by atoms with van der Waals surface area (Å²) in [4.78, 5) is 12.0. The first-order valence-corrected chi connectivity index (χ1v) is 8.24. The second-order valence-electron chi connectivity index (χ2n) is 4.71. The van der Waals surface area contributed by atoms with Gasteiger partial charge in [0.25, 0.3) is 5.91 Å². The van der Waals surface area contributed by atoms with Crippen LogP contribution in [0.2, 0.25) is 0 Å². The van der Waals surface area contributed by atoms with Gasteiger partial charge in [0.15, 0.2) is 6.61 Å². The van der Waals surface area contributed by atoms with Crippen LogP contribution in [0.25, 0.3) is 0 Å². The van der Waals surface area contributed by atoms with Gasteiger partial charge in [-0.15, -0.1) is 0 Å². The van der Waals surface area contributed by atoms with Crippen LogP contribution >= 0.6 is 31.9 Å². The van der Waals surface area contributed by atoms with Crippen molar-refractivity contribution < 1.29 is 14.7 Å². The number of aryl methyl sites for hydroxylation is 1. The number of hydrogen-bond acceptors (Lipinski definition) is 4. The molecule has 0 heterocycles. The van der Waals surface area contributed by atoms with Crippen LogP contribution in [0.15, 0.2) is 50.5 Å². The van der Waals surface area contributed by atoms with Gasteiger partial charge < -0.3 is 15.3 Å². The van der Waals surface area contributed by atoms with Gasteiger partial charge in [0, 0.05) is 5.69 Å². The zero-order valence-electron chi connectivity index (χ0n) is 12.2. The van der Waals surface area contributed by atoms with Gasteiger partial charge >= 0.3 is 0 Å². The van der Waals surface area contributed by atoms with Crippen molar-refractivity contribution in [3.63, 3.8) is 0 Å². The number of benzene rings is 2. The molecule has 2 N–H and O–H groups in total. The number of oxime groups is 1. The van der Waals surface area contributed by atoms with E-state index in [2.05, 4.69) is 42.3 Å². The van der Waals surface area contributed by atoms with Crippen LogP contribution in [-0.4, -0.2) is 23.9 Å². The number of ether oxygens (including phenoxy) is 1. The molecule has 2 aromatic carbocycles. The zero-order chi connectivity index (χ0) is 16.8. The molecule has 0 bridgehead atoms. The van der Waals surface area contributed by atoms with Gasteiger partial charge in [0.2, 0.25) is 0 Å². The van der Waals surface area contributed by atoms with Gasteiger partial charge in [-0.25, -0.2) is 0 Å². The summed E-state index contributed by atoms with van der Waals surface area (Å²) in [6.45, 7) is 1.80. The molecule has 0 saturated heterocycles. The molecule has 0 aliphatic heterocycles. The Kier molecular flexibility index (Phi) is 6.18. The lowest BCUT2D eigenvalue weighted by Gasteiger charge is -2.12. The van der Waals surface area contributed by atoms with Crippen LogP contribution < -0.4 is 10.1 Å². The van der Waals surface area contributed by atoms with E-state index < -0.39 is 0 Å². The van der Waals surface area contributed by atoms with Crippen LogP contribution in [0.3, 0.4) is 0 Å². The number of carbonyl (C=O) groups is 1. The molecule has 1 amide bonds. The average Bonchev–Trinajstić information content (AvgIpc) is 2.49. The van der Waals surface area contributed by atoms with Gasteiger partial charge in [-0.2, -0.15) is 0 Å². The van der Waals surface area contributed by atoms with Crippen molar-refractivity contribution in [1.82, 2.24) is 0 Å². The normalized spacial score (nSPS) is 10.7. The summed E-state index contributed by atoms with van der Waals surface area (Å²) in [7, 11) is 0. The fraction of sp³-hybridized carbons (Fsp3) is 0.125. The summed E-state index contributed by atoms with van der Waals surface area (Å²) in [5.74, 6) is 0.249. The molecular formula is C16H14Br2N2O3. The quantitative estimate of drug-likeness (QED) is 0.411. The predicted octanol–water partition coefficient (Wildman–Crippen LogP) is 4.35. The van der Waals surface area contributed by atoms with Gasteiger partial charge in [0.05, 0.1) is 15.2 Å². The molecule has 23 heavy (non-hydrogen) atoms. The molecule has 0 aliphatic rings. The van der Waals surface area contributed by atoms with Crippen molar-refractivity contribution in [3.8, 4) is 5.75 Å². The lowest BCUT2D eigenvalue weighted by Crippen LogP contribution is -2.20. The number of nitrogens with zero attached hydrogens (tertiary/aromatic N) is 1. The molecule has 0 aromatic heterocycles. The highest BCUT2D eigenvalue weighted by Gasteiger charge is 2.11. The number of carbonyl (C=O) groups excluding carboxylic acids is 1. The minimum Gasteiger partial charge on any atom is -0.481 e. The van der Waals surface area contributed by atoms with E-state index in [0.29, 0.717) is 20.3 Å². The highest BCUT2D eigenvalue weighted by Crippen LogP contribution is 2.34. The van der Waals surface area contributed by atoms with Crippen LogP contribution in [0.1, 0.15) is 11.1 Å². The smallest absolute Gasteiger partial charge is 0.262 e. The summed E-state index contributed by atoms with van der Waals surface area (Å²) in [5.41, 5.74) is 2.42. The van der Waals surface area contributed by atoms with Crippen molar-refractivity contribution in [2.75, 3.05) is 11.9 Å². The Morgan fingerprint density at radius 3 is 2.57 bits per heavy atom. The number of amides is 1. The molecule has 5 nitrogen and oxygen atoms in total. The van der Waals surface area contributed by atoms with Crippen LogP contribution in [0.5, 0.6) is 5.75 Å². The highest BCUT2D eigenvalue weighted by atomic mass is 79.9. The summed E-state index contributed by atoms with van der Waals surface area (Å²) in [6, 6.07) is 11.0. The van der Waals surface area contributed by atoms with Gasteiger partial charge in [-0.05, 0) is 68.1 Å². The number of para-hydroxylation sites is 1. The second kappa shape index (κ2) is 8.12. The Bertz CT molecular complexity index is 725. The number of hydrogen-bond donors (Lipinski definition) is 2. The maximum absolute atomic E-state index is 12.0. The number of rotatable bonds is 5. The van der Waals surface area contributed by atoms with Crippen molar-refractivity contribution in [3.05, 3.63) is 56.5 Å². The first kappa shape index (κ1) is 17.5. The van der Waals surface area contributed by atoms with E-state index >= 15 is 0 Å². The summed E-state index contributed by atoms with van der Waals surface area (Å²) in [5, 5.41) is 14.3. The molecule has 0 atom stereocenters. The van der Waals surface area contributed by atoms with Crippen LogP contribution in [0, 0.1) is 6.92 Å².